The number of carboxylic acid groups (broad SMARTS) is 1. The molecule has 0 aliphatic heterocycles. The Labute approximate surface area is 184 Å². The number of rotatable bonds is 5. The van der Waals surface area contributed by atoms with Crippen molar-refractivity contribution in [3.05, 3.63) is 57.6 Å². The normalized spacial score (nSPS) is 13.1. The van der Waals surface area contributed by atoms with Crippen LogP contribution in [0.4, 0.5) is 26.3 Å². The van der Waals surface area contributed by atoms with Crippen molar-refractivity contribution in [3.63, 3.8) is 0 Å². The fourth-order valence-electron chi connectivity index (χ4n) is 2.74. The highest BCUT2D eigenvalue weighted by Crippen LogP contribution is 2.36. The topological polar surface area (TPSA) is 110 Å². The third-order valence-electron chi connectivity index (χ3n) is 4.21. The van der Waals surface area contributed by atoms with Crippen LogP contribution >= 0.6 is 11.3 Å². The average molecular weight is 493 g/mol. The van der Waals surface area contributed by atoms with Crippen LogP contribution < -0.4 is 5.32 Å². The molecule has 176 valence electrons. The highest BCUT2D eigenvalue weighted by atomic mass is 32.1. The Morgan fingerprint density at radius 3 is 2.15 bits per heavy atom. The fourth-order valence-corrected chi connectivity index (χ4v) is 3.46. The highest BCUT2D eigenvalue weighted by molar-refractivity contribution is 7.15. The number of hydrogen-bond acceptors (Lipinski definition) is 6. The van der Waals surface area contributed by atoms with Gasteiger partial charge in [-0.15, -0.1) is 5.10 Å². The van der Waals surface area contributed by atoms with Gasteiger partial charge < -0.3 is 10.4 Å². The van der Waals surface area contributed by atoms with E-state index < -0.39 is 47.0 Å². The SMILES string of the molecule is Cc1nc([C@H](C)NC(=O)c2cc(C(F)(F)F)cc(C(F)(F)F)c2)n(-c2ncc(C(=O)O)s2)n1. The summed E-state index contributed by atoms with van der Waals surface area (Å²) in [6.45, 7) is 2.87. The summed E-state index contributed by atoms with van der Waals surface area (Å²) in [7, 11) is 0. The molecule has 1 aromatic carbocycles. The lowest BCUT2D eigenvalue weighted by Crippen LogP contribution is -2.29. The molecule has 0 unspecified atom stereocenters. The number of nitrogens with one attached hydrogen (secondary N) is 1. The van der Waals surface area contributed by atoms with E-state index in [2.05, 4.69) is 20.4 Å². The van der Waals surface area contributed by atoms with E-state index in [4.69, 9.17) is 5.11 Å². The minimum atomic E-state index is -5.11. The molecule has 33 heavy (non-hydrogen) atoms. The van der Waals surface area contributed by atoms with Crippen LogP contribution in [0, 0.1) is 6.92 Å². The van der Waals surface area contributed by atoms with Crippen molar-refractivity contribution in [1.29, 1.82) is 0 Å². The molecule has 3 rings (SSSR count). The smallest absolute Gasteiger partial charge is 0.416 e. The molecule has 2 aromatic heterocycles. The number of alkyl halides is 6. The summed E-state index contributed by atoms with van der Waals surface area (Å²) in [5, 5.41) is 15.5. The Kier molecular flexibility index (Phi) is 6.19. The molecule has 0 aliphatic rings. The van der Waals surface area contributed by atoms with Gasteiger partial charge in [-0.3, -0.25) is 4.79 Å². The van der Waals surface area contributed by atoms with Gasteiger partial charge in [-0.25, -0.2) is 14.8 Å². The van der Waals surface area contributed by atoms with E-state index in [0.29, 0.717) is 12.1 Å². The second kappa shape index (κ2) is 8.46. The van der Waals surface area contributed by atoms with Crippen LogP contribution in [0.5, 0.6) is 0 Å². The molecule has 3 aromatic rings. The van der Waals surface area contributed by atoms with Crippen LogP contribution in [0.1, 0.15) is 55.8 Å². The van der Waals surface area contributed by atoms with Gasteiger partial charge in [-0.1, -0.05) is 11.3 Å². The highest BCUT2D eigenvalue weighted by Gasteiger charge is 2.37. The van der Waals surface area contributed by atoms with Gasteiger partial charge in [-0.2, -0.15) is 31.0 Å². The maximum atomic E-state index is 13.1. The van der Waals surface area contributed by atoms with Gasteiger partial charge in [0.2, 0.25) is 5.13 Å². The van der Waals surface area contributed by atoms with Crippen molar-refractivity contribution in [2.45, 2.75) is 32.2 Å². The first-order valence-electron chi connectivity index (χ1n) is 8.90. The third kappa shape index (κ3) is 5.30. The van der Waals surface area contributed by atoms with Gasteiger partial charge in [0, 0.05) is 5.56 Å². The van der Waals surface area contributed by atoms with Crippen molar-refractivity contribution >= 4 is 23.2 Å². The van der Waals surface area contributed by atoms with Crippen LogP contribution in [0.25, 0.3) is 5.13 Å². The molecule has 0 fully saturated rings. The van der Waals surface area contributed by atoms with Crippen molar-refractivity contribution in [2.24, 2.45) is 0 Å². The zero-order valence-electron chi connectivity index (χ0n) is 16.6. The minimum Gasteiger partial charge on any atom is -0.477 e. The van der Waals surface area contributed by atoms with Crippen molar-refractivity contribution in [1.82, 2.24) is 25.1 Å². The molecular weight excluding hydrogens is 480 g/mol. The summed E-state index contributed by atoms with van der Waals surface area (Å²) in [5.41, 5.74) is -4.11. The number of carboxylic acids is 1. The Morgan fingerprint density at radius 2 is 1.67 bits per heavy atom. The van der Waals surface area contributed by atoms with Crippen molar-refractivity contribution in [2.75, 3.05) is 0 Å². The Bertz CT molecular complexity index is 1180. The zero-order valence-corrected chi connectivity index (χ0v) is 17.4. The second-order valence-electron chi connectivity index (χ2n) is 6.73. The van der Waals surface area contributed by atoms with E-state index >= 15 is 0 Å². The number of halogens is 6. The number of aromatic carboxylic acids is 1. The number of benzene rings is 1. The molecule has 0 radical (unpaired) electrons. The number of carbonyl (C=O) groups excluding carboxylic acids is 1. The maximum absolute atomic E-state index is 13.1. The maximum Gasteiger partial charge on any atom is 0.416 e. The first kappa shape index (κ1) is 24.2. The molecule has 1 atom stereocenters. The van der Waals surface area contributed by atoms with E-state index in [-0.39, 0.29) is 27.7 Å². The first-order valence-corrected chi connectivity index (χ1v) is 9.72. The number of carbonyl (C=O) groups is 2. The van der Waals surface area contributed by atoms with Gasteiger partial charge in [-0.05, 0) is 32.0 Å². The molecular formula is C18H13F6N5O3S. The molecule has 0 aliphatic carbocycles. The number of aromatic nitrogens is 4. The Morgan fingerprint density at radius 1 is 1.09 bits per heavy atom. The second-order valence-corrected chi connectivity index (χ2v) is 7.74. The van der Waals surface area contributed by atoms with Gasteiger partial charge >= 0.3 is 18.3 Å². The van der Waals surface area contributed by atoms with Crippen molar-refractivity contribution in [3.8, 4) is 5.13 Å². The van der Waals surface area contributed by atoms with E-state index in [9.17, 15) is 35.9 Å². The van der Waals surface area contributed by atoms with E-state index in [1.54, 1.807) is 0 Å². The van der Waals surface area contributed by atoms with E-state index in [0.717, 1.165) is 22.2 Å². The molecule has 0 saturated heterocycles. The molecule has 0 spiro atoms. The summed E-state index contributed by atoms with van der Waals surface area (Å²) in [5.74, 6) is -2.20. The van der Waals surface area contributed by atoms with Gasteiger partial charge in [0.15, 0.2) is 5.82 Å². The zero-order chi connectivity index (χ0) is 24.7. The Balaban J connectivity index is 1.94. The van der Waals surface area contributed by atoms with Crippen LogP contribution in [0.15, 0.2) is 24.4 Å². The number of amides is 1. The quantitative estimate of drug-likeness (QED) is 0.514. The monoisotopic (exact) mass is 493 g/mol. The molecule has 0 saturated carbocycles. The van der Waals surface area contributed by atoms with Gasteiger partial charge in [0.1, 0.15) is 10.7 Å². The molecule has 0 bridgehead atoms. The number of hydrogen-bond donors (Lipinski definition) is 2. The lowest BCUT2D eigenvalue weighted by atomic mass is 10.0. The number of nitrogens with zero attached hydrogens (tertiary/aromatic N) is 4. The van der Waals surface area contributed by atoms with Crippen LogP contribution in [0.2, 0.25) is 0 Å². The van der Waals surface area contributed by atoms with Crippen LogP contribution in [0.3, 0.4) is 0 Å². The van der Waals surface area contributed by atoms with Crippen LogP contribution in [-0.2, 0) is 12.4 Å². The lowest BCUT2D eigenvalue weighted by Gasteiger charge is -2.16. The minimum absolute atomic E-state index is 0.0372. The molecule has 15 heteroatoms. The predicted octanol–water partition coefficient (Wildman–Crippen LogP) is 4.26. The molecule has 2 heterocycles. The van der Waals surface area contributed by atoms with E-state index in [1.165, 1.54) is 13.8 Å². The number of aryl methyl sites for hydroxylation is 1. The first-order chi connectivity index (χ1) is 15.2. The average Bonchev–Trinajstić information content (AvgIpc) is 3.33. The standard InChI is InChI=1S/C18H13F6N5O3S/c1-7(13-27-8(2)28-29(13)16-25-6-12(33-16)15(31)32)26-14(30)9-3-10(17(19,20)21)5-11(4-9)18(22,23)24/h3-7H,1-2H3,(H,26,30)(H,31,32)/t7-/m0/s1. The Hall–Kier alpha value is -3.49. The lowest BCUT2D eigenvalue weighted by molar-refractivity contribution is -0.143. The predicted molar refractivity (Wildman–Crippen MR) is 101 cm³/mol. The molecule has 2 N–H and O–H groups in total. The fraction of sp³-hybridized carbons (Fsp3) is 0.278. The van der Waals surface area contributed by atoms with Crippen LogP contribution in [-0.4, -0.2) is 36.7 Å². The van der Waals surface area contributed by atoms with Gasteiger partial charge in [0.25, 0.3) is 5.91 Å². The summed E-state index contributed by atoms with van der Waals surface area (Å²) in [6, 6.07) is -0.497. The summed E-state index contributed by atoms with van der Waals surface area (Å²) in [6.07, 6.45) is -9.13. The summed E-state index contributed by atoms with van der Waals surface area (Å²) >= 11 is 0.751. The summed E-state index contributed by atoms with van der Waals surface area (Å²) in [4.78, 5) is 31.5. The summed E-state index contributed by atoms with van der Waals surface area (Å²) < 4.78 is 79.5. The number of thiazole rings is 1. The molecule has 8 nitrogen and oxygen atoms in total. The molecule has 1 amide bonds. The third-order valence-corrected chi connectivity index (χ3v) is 5.17. The van der Waals surface area contributed by atoms with E-state index in [1.807, 2.05) is 0 Å². The van der Waals surface area contributed by atoms with Gasteiger partial charge in [0.05, 0.1) is 23.4 Å². The van der Waals surface area contributed by atoms with Crippen molar-refractivity contribution < 1.29 is 41.0 Å². The largest absolute Gasteiger partial charge is 0.477 e.